The number of allylic oxidation sites excluding steroid dienone is 1. The number of hydrogen-bond acceptors (Lipinski definition) is 5. The third kappa shape index (κ3) is 5.84. The molecule has 2 atom stereocenters. The second-order valence-corrected chi connectivity index (χ2v) is 7.80. The van der Waals surface area contributed by atoms with Gasteiger partial charge in [-0.1, -0.05) is 49.4 Å². The van der Waals surface area contributed by atoms with Gasteiger partial charge in [-0.3, -0.25) is 4.79 Å². The van der Waals surface area contributed by atoms with Gasteiger partial charge < -0.3 is 19.5 Å². The number of likely N-dealkylation sites (tertiary alicyclic amines) is 1. The lowest BCUT2D eigenvalue weighted by atomic mass is 9.77. The number of ether oxygens (including phenoxy) is 2. The summed E-state index contributed by atoms with van der Waals surface area (Å²) in [5.41, 5.74) is 0.675. The van der Waals surface area contributed by atoms with E-state index in [-0.39, 0.29) is 5.78 Å². The zero-order chi connectivity index (χ0) is 22.3. The van der Waals surface area contributed by atoms with E-state index in [0.29, 0.717) is 13.0 Å². The number of aliphatic hydroxyl groups is 1. The van der Waals surface area contributed by atoms with Gasteiger partial charge in [0, 0.05) is 13.1 Å². The molecule has 0 aromatic heterocycles. The Labute approximate surface area is 184 Å². The summed E-state index contributed by atoms with van der Waals surface area (Å²) in [4.78, 5) is 15.3. The molecule has 31 heavy (non-hydrogen) atoms. The highest BCUT2D eigenvalue weighted by molar-refractivity contribution is 5.96. The van der Waals surface area contributed by atoms with Gasteiger partial charge in [0.15, 0.2) is 5.78 Å². The standard InChI is InChI=1S/C26H31NO4/c1-4-27-18-17-26(29,16-15-21-7-12-23(31-3)13-8-21)24(19-27)25(28)14-9-20-5-10-22(30-2)11-6-20/h5-16,24,29H,4,17-19H2,1-3H3/b14-9+,16-15+. The lowest BCUT2D eigenvalue weighted by Crippen LogP contribution is -2.53. The molecule has 5 heteroatoms. The third-order valence-electron chi connectivity index (χ3n) is 5.90. The van der Waals surface area contributed by atoms with Crippen LogP contribution in [0.25, 0.3) is 12.2 Å². The molecule has 1 aliphatic rings. The Bertz CT molecular complexity index is 917. The second-order valence-electron chi connectivity index (χ2n) is 7.80. The van der Waals surface area contributed by atoms with Crippen molar-refractivity contribution in [3.63, 3.8) is 0 Å². The fourth-order valence-corrected chi connectivity index (χ4v) is 3.81. The highest BCUT2D eigenvalue weighted by Crippen LogP contribution is 2.32. The van der Waals surface area contributed by atoms with Crippen molar-refractivity contribution in [1.82, 2.24) is 4.90 Å². The minimum absolute atomic E-state index is 0.0733. The van der Waals surface area contributed by atoms with Crippen LogP contribution in [0.1, 0.15) is 24.5 Å². The molecule has 0 radical (unpaired) electrons. The highest BCUT2D eigenvalue weighted by Gasteiger charge is 2.42. The van der Waals surface area contributed by atoms with Crippen LogP contribution in [0, 0.1) is 5.92 Å². The lowest BCUT2D eigenvalue weighted by molar-refractivity contribution is -0.129. The first-order valence-electron chi connectivity index (χ1n) is 10.6. The Morgan fingerprint density at radius 2 is 1.58 bits per heavy atom. The van der Waals surface area contributed by atoms with Crippen molar-refractivity contribution in [1.29, 1.82) is 0 Å². The van der Waals surface area contributed by atoms with E-state index in [9.17, 15) is 9.90 Å². The van der Waals surface area contributed by atoms with E-state index in [1.54, 1.807) is 32.4 Å². The summed E-state index contributed by atoms with van der Waals surface area (Å²) >= 11 is 0. The summed E-state index contributed by atoms with van der Waals surface area (Å²) in [5, 5.41) is 11.4. The van der Waals surface area contributed by atoms with E-state index in [1.165, 1.54) is 0 Å². The molecule has 0 aliphatic carbocycles. The zero-order valence-electron chi connectivity index (χ0n) is 18.5. The Morgan fingerprint density at radius 1 is 1.03 bits per heavy atom. The van der Waals surface area contributed by atoms with Crippen molar-refractivity contribution >= 4 is 17.9 Å². The number of piperidine rings is 1. The third-order valence-corrected chi connectivity index (χ3v) is 5.90. The van der Waals surface area contributed by atoms with Crippen molar-refractivity contribution in [3.05, 3.63) is 71.8 Å². The van der Waals surface area contributed by atoms with Crippen LogP contribution in [0.15, 0.2) is 60.7 Å². The van der Waals surface area contributed by atoms with Crippen LogP contribution in [0.4, 0.5) is 0 Å². The van der Waals surface area contributed by atoms with Gasteiger partial charge in [0.2, 0.25) is 0 Å². The number of carbonyl (C=O) groups is 1. The summed E-state index contributed by atoms with van der Waals surface area (Å²) in [6.07, 6.45) is 7.55. The monoisotopic (exact) mass is 421 g/mol. The van der Waals surface area contributed by atoms with Crippen LogP contribution in [0.5, 0.6) is 11.5 Å². The first-order chi connectivity index (χ1) is 15.0. The fraction of sp³-hybridized carbons (Fsp3) is 0.346. The molecule has 5 nitrogen and oxygen atoms in total. The molecule has 2 unspecified atom stereocenters. The molecular weight excluding hydrogens is 390 g/mol. The molecule has 1 aliphatic heterocycles. The highest BCUT2D eigenvalue weighted by atomic mass is 16.5. The van der Waals surface area contributed by atoms with Crippen molar-refractivity contribution in [2.75, 3.05) is 33.9 Å². The van der Waals surface area contributed by atoms with Crippen molar-refractivity contribution < 1.29 is 19.4 Å². The van der Waals surface area contributed by atoms with E-state index in [0.717, 1.165) is 35.7 Å². The summed E-state index contributed by atoms with van der Waals surface area (Å²) < 4.78 is 10.4. The number of carbonyl (C=O) groups excluding carboxylic acids is 1. The van der Waals surface area contributed by atoms with E-state index >= 15 is 0 Å². The number of methoxy groups -OCH3 is 2. The summed E-state index contributed by atoms with van der Waals surface area (Å²) in [7, 11) is 3.25. The molecule has 1 saturated heterocycles. The molecule has 3 rings (SSSR count). The predicted molar refractivity (Wildman–Crippen MR) is 124 cm³/mol. The largest absolute Gasteiger partial charge is 0.497 e. The number of rotatable bonds is 8. The maximum Gasteiger partial charge on any atom is 0.163 e. The molecule has 1 N–H and O–H groups in total. The van der Waals surface area contributed by atoms with Gasteiger partial charge >= 0.3 is 0 Å². The predicted octanol–water partition coefficient (Wildman–Crippen LogP) is 4.07. The number of ketones is 1. The molecule has 164 valence electrons. The van der Waals surface area contributed by atoms with Crippen LogP contribution < -0.4 is 9.47 Å². The molecule has 0 bridgehead atoms. The first kappa shape index (κ1) is 22.8. The molecular formula is C26H31NO4. The Morgan fingerprint density at radius 3 is 2.10 bits per heavy atom. The smallest absolute Gasteiger partial charge is 0.163 e. The maximum absolute atomic E-state index is 13.1. The topological polar surface area (TPSA) is 59.0 Å². The molecule has 2 aromatic rings. The van der Waals surface area contributed by atoms with Crippen LogP contribution in [-0.4, -0.2) is 55.2 Å². The van der Waals surface area contributed by atoms with Crippen LogP contribution in [0.2, 0.25) is 0 Å². The number of benzene rings is 2. The zero-order valence-corrected chi connectivity index (χ0v) is 18.5. The van der Waals surface area contributed by atoms with Gasteiger partial charge in [-0.2, -0.15) is 0 Å². The molecule has 0 amide bonds. The first-order valence-corrected chi connectivity index (χ1v) is 10.6. The van der Waals surface area contributed by atoms with Crippen LogP contribution >= 0.6 is 0 Å². The molecule has 0 spiro atoms. The van der Waals surface area contributed by atoms with Gasteiger partial charge in [0.05, 0.1) is 25.7 Å². The summed E-state index contributed by atoms with van der Waals surface area (Å²) in [6, 6.07) is 15.1. The van der Waals surface area contributed by atoms with Gasteiger partial charge in [-0.15, -0.1) is 0 Å². The van der Waals surface area contributed by atoms with Crippen LogP contribution in [0.3, 0.4) is 0 Å². The minimum atomic E-state index is -1.19. The quantitative estimate of drug-likeness (QED) is 0.651. The van der Waals surface area contributed by atoms with Crippen molar-refractivity contribution in [2.24, 2.45) is 5.92 Å². The van der Waals surface area contributed by atoms with Crippen molar-refractivity contribution in [3.8, 4) is 11.5 Å². The Hall–Kier alpha value is -2.89. The average molecular weight is 422 g/mol. The molecule has 0 saturated carbocycles. The Kier molecular flexibility index (Phi) is 7.66. The number of hydrogen-bond donors (Lipinski definition) is 1. The van der Waals surface area contributed by atoms with Gasteiger partial charge in [0.1, 0.15) is 11.5 Å². The van der Waals surface area contributed by atoms with E-state index in [4.69, 9.17) is 9.47 Å². The Balaban J connectivity index is 1.78. The molecule has 1 fully saturated rings. The minimum Gasteiger partial charge on any atom is -0.497 e. The van der Waals surface area contributed by atoms with E-state index in [2.05, 4.69) is 11.8 Å². The lowest BCUT2D eigenvalue weighted by Gasteiger charge is -2.41. The van der Waals surface area contributed by atoms with Gasteiger partial charge in [-0.25, -0.2) is 0 Å². The SMILES string of the molecule is CCN1CCC(O)(/C=C/c2ccc(OC)cc2)C(C(=O)/C=C/c2ccc(OC)cc2)C1. The summed E-state index contributed by atoms with van der Waals surface area (Å²) in [6.45, 7) is 4.22. The van der Waals surface area contributed by atoms with Crippen LogP contribution in [-0.2, 0) is 4.79 Å². The normalized spacial score (nSPS) is 22.1. The maximum atomic E-state index is 13.1. The molecule has 1 heterocycles. The van der Waals surface area contributed by atoms with Gasteiger partial charge in [-0.05, 0) is 54.4 Å². The van der Waals surface area contributed by atoms with E-state index in [1.807, 2.05) is 54.6 Å². The number of nitrogens with zero attached hydrogens (tertiary/aromatic N) is 1. The average Bonchev–Trinajstić information content (AvgIpc) is 2.82. The second kappa shape index (κ2) is 10.4. The fourth-order valence-electron chi connectivity index (χ4n) is 3.81. The van der Waals surface area contributed by atoms with Crippen molar-refractivity contribution in [2.45, 2.75) is 18.9 Å². The van der Waals surface area contributed by atoms with Gasteiger partial charge in [0.25, 0.3) is 0 Å². The van der Waals surface area contributed by atoms with E-state index < -0.39 is 11.5 Å². The molecule has 2 aromatic carbocycles. The summed E-state index contributed by atoms with van der Waals surface area (Å²) in [5.74, 6) is 0.956.